The summed E-state index contributed by atoms with van der Waals surface area (Å²) in [6, 6.07) is 7.70. The minimum absolute atomic E-state index is 0.0613. The molecule has 2 atom stereocenters. The number of para-hydroxylation sites is 1. The largest absolute Gasteiger partial charge is 0.454 e. The van der Waals surface area contributed by atoms with E-state index in [-0.39, 0.29) is 13.3 Å². The molecule has 190 valence electrons. The lowest BCUT2D eigenvalue weighted by Crippen LogP contribution is -2.70. The molecule has 0 aromatic heterocycles. The molecule has 0 aliphatic carbocycles. The molecule has 12 heteroatoms. The number of piperidine rings is 1. The standard InChI is InChI=1S/C24H23F3N4O5/c25-24(26,27)15-4-1-2-5-16(15)29-20(32)12-30-17-6-3-9-28-21(17)22(33)31(23(30)34)11-14-7-8-18-19(10-14)36-13-35-18/h1-2,4-5,7-8,10,17,21,28H,3,6,9,11-13H2,(H,29,32). The number of nitrogens with zero attached hydrogens (tertiary/aromatic N) is 2. The molecule has 2 unspecified atom stereocenters. The monoisotopic (exact) mass is 504 g/mol. The first-order chi connectivity index (χ1) is 17.2. The fourth-order valence-electron chi connectivity index (χ4n) is 4.75. The third-order valence-corrected chi connectivity index (χ3v) is 6.43. The number of amides is 4. The van der Waals surface area contributed by atoms with Crippen LogP contribution < -0.4 is 20.1 Å². The van der Waals surface area contributed by atoms with Crippen molar-refractivity contribution in [2.24, 2.45) is 0 Å². The van der Waals surface area contributed by atoms with Crippen LogP contribution in [0, 0.1) is 0 Å². The van der Waals surface area contributed by atoms with Crippen molar-refractivity contribution in [3.05, 3.63) is 53.6 Å². The van der Waals surface area contributed by atoms with Gasteiger partial charge in [0.1, 0.15) is 12.6 Å². The maximum atomic E-state index is 13.4. The van der Waals surface area contributed by atoms with Crippen molar-refractivity contribution in [3.63, 3.8) is 0 Å². The molecule has 9 nitrogen and oxygen atoms in total. The first kappa shape index (κ1) is 23.9. The van der Waals surface area contributed by atoms with Crippen LogP contribution in [-0.4, -0.2) is 59.6 Å². The van der Waals surface area contributed by atoms with E-state index in [1.807, 2.05) is 0 Å². The summed E-state index contributed by atoms with van der Waals surface area (Å²) in [7, 11) is 0. The van der Waals surface area contributed by atoms with Crippen LogP contribution in [0.15, 0.2) is 42.5 Å². The van der Waals surface area contributed by atoms with E-state index in [2.05, 4.69) is 10.6 Å². The van der Waals surface area contributed by atoms with Gasteiger partial charge < -0.3 is 25.0 Å². The predicted octanol–water partition coefficient (Wildman–Crippen LogP) is 2.96. The van der Waals surface area contributed by atoms with E-state index in [1.165, 1.54) is 17.0 Å². The molecule has 0 radical (unpaired) electrons. The number of carbonyl (C=O) groups excluding carboxylic acids is 3. The van der Waals surface area contributed by atoms with Crippen molar-refractivity contribution in [3.8, 4) is 11.5 Å². The van der Waals surface area contributed by atoms with E-state index >= 15 is 0 Å². The average molecular weight is 504 g/mol. The van der Waals surface area contributed by atoms with Crippen LogP contribution in [0.4, 0.5) is 23.7 Å². The van der Waals surface area contributed by atoms with Gasteiger partial charge in [-0.25, -0.2) is 4.79 Å². The van der Waals surface area contributed by atoms with E-state index in [9.17, 15) is 27.6 Å². The fourth-order valence-corrected chi connectivity index (χ4v) is 4.75. The maximum absolute atomic E-state index is 13.4. The van der Waals surface area contributed by atoms with Crippen LogP contribution in [0.3, 0.4) is 0 Å². The number of hydrogen-bond acceptors (Lipinski definition) is 6. The highest BCUT2D eigenvalue weighted by atomic mass is 19.4. The van der Waals surface area contributed by atoms with Crippen molar-refractivity contribution in [1.29, 1.82) is 0 Å². The Balaban J connectivity index is 1.37. The number of fused-ring (bicyclic) bond motifs is 2. The second kappa shape index (κ2) is 9.34. The summed E-state index contributed by atoms with van der Waals surface area (Å²) in [6.07, 6.45) is -3.49. The molecule has 3 aliphatic rings. The third kappa shape index (κ3) is 4.55. The molecule has 4 amide bonds. The quantitative estimate of drug-likeness (QED) is 0.650. The smallest absolute Gasteiger partial charge is 0.418 e. The van der Waals surface area contributed by atoms with Crippen molar-refractivity contribution < 1.29 is 37.0 Å². The lowest BCUT2D eigenvalue weighted by Gasteiger charge is -2.46. The average Bonchev–Trinajstić information content (AvgIpc) is 3.32. The number of benzene rings is 2. The zero-order chi connectivity index (χ0) is 25.4. The number of alkyl halides is 3. The van der Waals surface area contributed by atoms with E-state index in [4.69, 9.17) is 9.47 Å². The highest BCUT2D eigenvalue weighted by Gasteiger charge is 2.47. The Labute approximate surface area is 204 Å². The van der Waals surface area contributed by atoms with Crippen molar-refractivity contribution >= 4 is 23.5 Å². The van der Waals surface area contributed by atoms with E-state index in [0.717, 1.165) is 17.0 Å². The van der Waals surface area contributed by atoms with Crippen molar-refractivity contribution in [2.45, 2.75) is 37.6 Å². The molecular weight excluding hydrogens is 481 g/mol. The number of urea groups is 1. The summed E-state index contributed by atoms with van der Waals surface area (Å²) in [6.45, 7) is 0.0827. The van der Waals surface area contributed by atoms with E-state index in [1.54, 1.807) is 18.2 Å². The lowest BCUT2D eigenvalue weighted by molar-refractivity contribution is -0.139. The summed E-state index contributed by atoms with van der Waals surface area (Å²) >= 11 is 0. The fraction of sp³-hybridized carbons (Fsp3) is 0.375. The van der Waals surface area contributed by atoms with Gasteiger partial charge in [-0.3, -0.25) is 14.5 Å². The van der Waals surface area contributed by atoms with Crippen LogP contribution in [0.25, 0.3) is 0 Å². The van der Waals surface area contributed by atoms with E-state index < -0.39 is 53.9 Å². The van der Waals surface area contributed by atoms with Crippen LogP contribution in [0.5, 0.6) is 11.5 Å². The Morgan fingerprint density at radius 1 is 1.11 bits per heavy atom. The second-order valence-electron chi connectivity index (χ2n) is 8.76. The molecule has 3 heterocycles. The molecule has 2 saturated heterocycles. The van der Waals surface area contributed by atoms with Crippen LogP contribution in [-0.2, 0) is 22.3 Å². The summed E-state index contributed by atoms with van der Waals surface area (Å²) in [4.78, 5) is 41.8. The molecule has 0 spiro atoms. The Hall–Kier alpha value is -3.80. The molecular formula is C24H23F3N4O5. The number of halogens is 3. The summed E-state index contributed by atoms with van der Waals surface area (Å²) < 4.78 is 50.7. The third-order valence-electron chi connectivity index (χ3n) is 6.43. The molecule has 2 aromatic carbocycles. The van der Waals surface area contributed by atoms with Crippen LogP contribution in [0.2, 0.25) is 0 Å². The van der Waals surface area contributed by atoms with Crippen molar-refractivity contribution in [1.82, 2.24) is 15.1 Å². The second-order valence-corrected chi connectivity index (χ2v) is 8.76. The van der Waals surface area contributed by atoms with Crippen LogP contribution >= 0.6 is 0 Å². The molecule has 0 bridgehead atoms. The minimum Gasteiger partial charge on any atom is -0.454 e. The summed E-state index contributed by atoms with van der Waals surface area (Å²) in [5.41, 5.74) is -0.759. The lowest BCUT2D eigenvalue weighted by atomic mass is 9.93. The van der Waals surface area contributed by atoms with Gasteiger partial charge in [-0.1, -0.05) is 18.2 Å². The van der Waals surface area contributed by atoms with Crippen LogP contribution in [0.1, 0.15) is 24.0 Å². The van der Waals surface area contributed by atoms with Gasteiger partial charge in [-0.2, -0.15) is 13.2 Å². The zero-order valence-corrected chi connectivity index (χ0v) is 19.0. The molecule has 2 aromatic rings. The van der Waals surface area contributed by atoms with Gasteiger partial charge in [0.05, 0.1) is 23.8 Å². The normalized spacial score (nSPS) is 21.4. The van der Waals surface area contributed by atoms with Gasteiger partial charge in [-0.05, 0) is 49.2 Å². The number of nitrogens with one attached hydrogen (secondary N) is 2. The Morgan fingerprint density at radius 3 is 2.69 bits per heavy atom. The number of carbonyl (C=O) groups is 3. The first-order valence-corrected chi connectivity index (χ1v) is 11.4. The van der Waals surface area contributed by atoms with E-state index in [0.29, 0.717) is 36.4 Å². The molecule has 2 fully saturated rings. The van der Waals surface area contributed by atoms with Gasteiger partial charge in [0.15, 0.2) is 11.5 Å². The molecule has 3 aliphatic heterocycles. The minimum atomic E-state index is -4.66. The Kier molecular flexibility index (Phi) is 6.20. The van der Waals surface area contributed by atoms with Crippen molar-refractivity contribution in [2.75, 3.05) is 25.2 Å². The highest BCUT2D eigenvalue weighted by Crippen LogP contribution is 2.35. The molecule has 5 rings (SSSR count). The zero-order valence-electron chi connectivity index (χ0n) is 19.0. The number of hydrogen-bond donors (Lipinski definition) is 2. The number of rotatable bonds is 5. The number of anilines is 1. The van der Waals surface area contributed by atoms with Gasteiger partial charge >= 0.3 is 12.2 Å². The predicted molar refractivity (Wildman–Crippen MR) is 120 cm³/mol. The highest BCUT2D eigenvalue weighted by molar-refractivity contribution is 6.03. The maximum Gasteiger partial charge on any atom is 0.418 e. The summed E-state index contributed by atoms with van der Waals surface area (Å²) in [5, 5.41) is 5.40. The molecule has 36 heavy (non-hydrogen) atoms. The Bertz CT molecular complexity index is 1200. The molecule has 2 N–H and O–H groups in total. The first-order valence-electron chi connectivity index (χ1n) is 11.4. The van der Waals surface area contributed by atoms with Gasteiger partial charge in [0, 0.05) is 0 Å². The Morgan fingerprint density at radius 2 is 1.89 bits per heavy atom. The van der Waals surface area contributed by atoms with Gasteiger partial charge in [0.2, 0.25) is 18.6 Å². The van der Waals surface area contributed by atoms with Gasteiger partial charge in [-0.15, -0.1) is 0 Å². The topological polar surface area (TPSA) is 100 Å². The molecule has 0 saturated carbocycles. The number of imide groups is 1. The number of ether oxygens (including phenoxy) is 2. The summed E-state index contributed by atoms with van der Waals surface area (Å²) in [5.74, 6) is -0.151. The van der Waals surface area contributed by atoms with Gasteiger partial charge in [0.25, 0.3) is 0 Å². The SMILES string of the molecule is O=C(CN1C(=O)N(Cc2ccc3c(c2)OCO3)C(=O)C2NCCCC21)Nc1ccccc1C(F)(F)F.